The Balaban J connectivity index is 1.60. The number of halogens is 1. The van der Waals surface area contributed by atoms with E-state index in [0.717, 1.165) is 11.3 Å². The smallest absolute Gasteiger partial charge is 0.254 e. The SMILES string of the molecule is CC(C)N(CC(=O)N1CCn2cccc2[C@H]1c1ccoc1)C(=O)c1cccc(F)c1. The standard InChI is InChI=1S/C23H24FN3O3/c1-16(2)27(23(29)17-5-3-6-19(24)13-17)14-21(28)26-11-10-25-9-4-7-20(25)22(26)18-8-12-30-15-18/h3-9,12-13,15-16,22H,10-11,14H2,1-2H3/t22-/m1/s1. The Morgan fingerprint density at radius 2 is 2.03 bits per heavy atom. The van der Waals surface area contributed by atoms with Crippen molar-refractivity contribution in [1.82, 2.24) is 14.4 Å². The fourth-order valence-corrected chi connectivity index (χ4v) is 3.95. The highest BCUT2D eigenvalue weighted by Gasteiger charge is 2.34. The highest BCUT2D eigenvalue weighted by Crippen LogP contribution is 2.33. The molecule has 0 radical (unpaired) electrons. The number of nitrogens with zero attached hydrogens (tertiary/aromatic N) is 3. The van der Waals surface area contributed by atoms with Crippen LogP contribution in [0.3, 0.4) is 0 Å². The van der Waals surface area contributed by atoms with Gasteiger partial charge in [0, 0.05) is 42.1 Å². The van der Waals surface area contributed by atoms with Crippen LogP contribution < -0.4 is 0 Å². The van der Waals surface area contributed by atoms with Crippen LogP contribution in [0.4, 0.5) is 4.39 Å². The maximum atomic E-state index is 13.6. The van der Waals surface area contributed by atoms with Gasteiger partial charge in [0.2, 0.25) is 5.91 Å². The lowest BCUT2D eigenvalue weighted by Crippen LogP contribution is -2.49. The van der Waals surface area contributed by atoms with Gasteiger partial charge < -0.3 is 18.8 Å². The van der Waals surface area contributed by atoms with E-state index in [9.17, 15) is 14.0 Å². The molecule has 30 heavy (non-hydrogen) atoms. The van der Waals surface area contributed by atoms with Crippen molar-refractivity contribution in [3.05, 3.63) is 83.8 Å². The van der Waals surface area contributed by atoms with Crippen molar-refractivity contribution in [1.29, 1.82) is 0 Å². The fourth-order valence-electron chi connectivity index (χ4n) is 3.95. The largest absolute Gasteiger partial charge is 0.472 e. The molecule has 0 spiro atoms. The van der Waals surface area contributed by atoms with Crippen LogP contribution in [0, 0.1) is 5.82 Å². The summed E-state index contributed by atoms with van der Waals surface area (Å²) in [4.78, 5) is 29.6. The Morgan fingerprint density at radius 3 is 2.73 bits per heavy atom. The predicted octanol–water partition coefficient (Wildman–Crippen LogP) is 3.70. The maximum Gasteiger partial charge on any atom is 0.254 e. The molecule has 0 aliphatic carbocycles. The average Bonchev–Trinajstić information content (AvgIpc) is 3.42. The van der Waals surface area contributed by atoms with Gasteiger partial charge in [-0.1, -0.05) is 6.07 Å². The van der Waals surface area contributed by atoms with Gasteiger partial charge in [-0.15, -0.1) is 0 Å². The summed E-state index contributed by atoms with van der Waals surface area (Å²) in [6, 6.07) is 10.9. The van der Waals surface area contributed by atoms with Gasteiger partial charge in [-0.05, 0) is 50.2 Å². The van der Waals surface area contributed by atoms with E-state index < -0.39 is 5.82 Å². The van der Waals surface area contributed by atoms with Gasteiger partial charge in [-0.2, -0.15) is 0 Å². The lowest BCUT2D eigenvalue weighted by Gasteiger charge is -2.38. The molecular weight excluding hydrogens is 385 g/mol. The topological polar surface area (TPSA) is 58.7 Å². The first-order valence-corrected chi connectivity index (χ1v) is 9.99. The molecule has 3 heterocycles. The second kappa shape index (κ2) is 8.18. The summed E-state index contributed by atoms with van der Waals surface area (Å²) in [5.41, 5.74) is 2.12. The number of hydrogen-bond acceptors (Lipinski definition) is 3. The summed E-state index contributed by atoms with van der Waals surface area (Å²) in [7, 11) is 0. The summed E-state index contributed by atoms with van der Waals surface area (Å²) in [6.07, 6.45) is 5.23. The second-order valence-electron chi connectivity index (χ2n) is 7.71. The molecule has 0 fully saturated rings. The van der Waals surface area contributed by atoms with Crippen molar-refractivity contribution in [3.63, 3.8) is 0 Å². The first kappa shape index (κ1) is 19.9. The number of amides is 2. The number of furan rings is 1. The Kier molecular flexibility index (Phi) is 5.44. The molecule has 0 saturated carbocycles. The number of carbonyl (C=O) groups excluding carboxylic acids is 2. The minimum atomic E-state index is -0.479. The van der Waals surface area contributed by atoms with Crippen molar-refractivity contribution in [2.45, 2.75) is 32.5 Å². The van der Waals surface area contributed by atoms with E-state index in [0.29, 0.717) is 13.1 Å². The van der Waals surface area contributed by atoms with Gasteiger partial charge in [0.15, 0.2) is 0 Å². The third kappa shape index (κ3) is 3.75. The molecule has 1 aliphatic heterocycles. The predicted molar refractivity (Wildman–Crippen MR) is 109 cm³/mol. The molecule has 0 unspecified atom stereocenters. The van der Waals surface area contributed by atoms with Gasteiger partial charge in [0.05, 0.1) is 12.5 Å². The van der Waals surface area contributed by atoms with Crippen LogP contribution in [0.2, 0.25) is 0 Å². The first-order valence-electron chi connectivity index (χ1n) is 9.99. The molecule has 0 saturated heterocycles. The zero-order valence-corrected chi connectivity index (χ0v) is 17.0. The summed E-state index contributed by atoms with van der Waals surface area (Å²) >= 11 is 0. The van der Waals surface area contributed by atoms with E-state index in [1.165, 1.54) is 23.1 Å². The number of aromatic nitrogens is 1. The summed E-state index contributed by atoms with van der Waals surface area (Å²) in [5, 5.41) is 0. The third-order valence-corrected chi connectivity index (χ3v) is 5.48. The highest BCUT2D eigenvalue weighted by atomic mass is 19.1. The Labute approximate surface area is 174 Å². The molecular formula is C23H24FN3O3. The molecule has 1 atom stereocenters. The molecule has 4 rings (SSSR count). The minimum absolute atomic E-state index is 0.0813. The first-order chi connectivity index (χ1) is 14.5. The molecule has 2 amide bonds. The lowest BCUT2D eigenvalue weighted by atomic mass is 10.0. The summed E-state index contributed by atoms with van der Waals surface area (Å²) in [6.45, 7) is 4.82. The molecule has 2 aromatic heterocycles. The average molecular weight is 409 g/mol. The van der Waals surface area contributed by atoms with Crippen LogP contribution in [0.1, 0.15) is 41.5 Å². The van der Waals surface area contributed by atoms with Crippen LogP contribution >= 0.6 is 0 Å². The van der Waals surface area contributed by atoms with Crippen molar-refractivity contribution in [2.24, 2.45) is 0 Å². The normalized spacial score (nSPS) is 15.9. The zero-order chi connectivity index (χ0) is 21.3. The quantitative estimate of drug-likeness (QED) is 0.646. The van der Waals surface area contributed by atoms with Gasteiger partial charge in [0.1, 0.15) is 18.4 Å². The molecule has 156 valence electrons. The third-order valence-electron chi connectivity index (χ3n) is 5.48. The van der Waals surface area contributed by atoms with E-state index in [1.807, 2.05) is 38.2 Å². The minimum Gasteiger partial charge on any atom is -0.472 e. The number of fused-ring (bicyclic) bond motifs is 1. The number of rotatable bonds is 5. The zero-order valence-electron chi connectivity index (χ0n) is 17.0. The molecule has 1 aliphatic rings. The Morgan fingerprint density at radius 1 is 1.20 bits per heavy atom. The van der Waals surface area contributed by atoms with E-state index >= 15 is 0 Å². The van der Waals surface area contributed by atoms with Crippen LogP contribution in [0.15, 0.2) is 65.6 Å². The molecule has 7 heteroatoms. The maximum absolute atomic E-state index is 13.6. The second-order valence-corrected chi connectivity index (χ2v) is 7.71. The highest BCUT2D eigenvalue weighted by molar-refractivity contribution is 5.96. The lowest BCUT2D eigenvalue weighted by molar-refractivity contribution is -0.135. The molecule has 6 nitrogen and oxygen atoms in total. The van der Waals surface area contributed by atoms with Gasteiger partial charge >= 0.3 is 0 Å². The molecule has 0 N–H and O–H groups in total. The molecule has 0 bridgehead atoms. The number of benzene rings is 1. The summed E-state index contributed by atoms with van der Waals surface area (Å²) in [5.74, 6) is -1.00. The summed E-state index contributed by atoms with van der Waals surface area (Å²) < 4.78 is 21.0. The monoisotopic (exact) mass is 409 g/mol. The van der Waals surface area contributed by atoms with Crippen molar-refractivity contribution in [3.8, 4) is 0 Å². The van der Waals surface area contributed by atoms with E-state index in [4.69, 9.17) is 4.42 Å². The fraction of sp³-hybridized carbons (Fsp3) is 0.304. The van der Waals surface area contributed by atoms with Crippen molar-refractivity contribution in [2.75, 3.05) is 13.1 Å². The molecule has 1 aromatic carbocycles. The Hall–Kier alpha value is -3.35. The van der Waals surface area contributed by atoms with Crippen LogP contribution in [0.5, 0.6) is 0 Å². The number of carbonyl (C=O) groups is 2. The van der Waals surface area contributed by atoms with Crippen molar-refractivity contribution >= 4 is 11.8 Å². The van der Waals surface area contributed by atoms with Crippen LogP contribution in [-0.2, 0) is 11.3 Å². The van der Waals surface area contributed by atoms with E-state index in [2.05, 4.69) is 4.57 Å². The van der Waals surface area contributed by atoms with Crippen molar-refractivity contribution < 1.29 is 18.4 Å². The Bertz CT molecular complexity index is 1040. The van der Waals surface area contributed by atoms with E-state index in [1.54, 1.807) is 23.5 Å². The van der Waals surface area contributed by atoms with Gasteiger partial charge in [0.25, 0.3) is 5.91 Å². The molecule has 3 aromatic rings. The number of hydrogen-bond donors (Lipinski definition) is 0. The van der Waals surface area contributed by atoms with Gasteiger partial charge in [-0.3, -0.25) is 9.59 Å². The van der Waals surface area contributed by atoms with Crippen LogP contribution in [-0.4, -0.2) is 45.3 Å². The van der Waals surface area contributed by atoms with Gasteiger partial charge in [-0.25, -0.2) is 4.39 Å². The van der Waals surface area contributed by atoms with Crippen LogP contribution in [0.25, 0.3) is 0 Å². The van der Waals surface area contributed by atoms with E-state index in [-0.39, 0.29) is 36.0 Å².